The van der Waals surface area contributed by atoms with Crippen LogP contribution in [0.5, 0.6) is 0 Å². The molecule has 0 aliphatic heterocycles. The van der Waals surface area contributed by atoms with E-state index in [2.05, 4.69) is 25.6 Å². The minimum absolute atomic E-state index is 0.135. The molecule has 10 heteroatoms. The Bertz CT molecular complexity index is 992. The fourth-order valence-electron chi connectivity index (χ4n) is 2.45. The lowest BCUT2D eigenvalue weighted by Gasteiger charge is -2.09. The Morgan fingerprint density at radius 1 is 1.25 bits per heavy atom. The van der Waals surface area contributed by atoms with Gasteiger partial charge in [-0.3, -0.25) is 10.1 Å². The van der Waals surface area contributed by atoms with Crippen molar-refractivity contribution in [3.63, 3.8) is 0 Å². The number of pyridine rings is 1. The van der Waals surface area contributed by atoms with Gasteiger partial charge in [0.15, 0.2) is 5.82 Å². The number of urea groups is 1. The van der Waals surface area contributed by atoms with E-state index < -0.39 is 0 Å². The first kappa shape index (κ1) is 19.5. The van der Waals surface area contributed by atoms with Gasteiger partial charge in [-0.2, -0.15) is 0 Å². The lowest BCUT2D eigenvalue weighted by atomic mass is 10.3. The summed E-state index contributed by atoms with van der Waals surface area (Å²) in [5.74, 6) is 0.916. The highest BCUT2D eigenvalue weighted by atomic mass is 32.1. The molecular weight excluding hydrogens is 378 g/mol. The standard InChI is InChI=1S/C18H21N7O2S/c1-5-19-18(27)22-12-7-6-11(10-21-12)16-23-13(15-20-8-9-25(15)4)14(28-16)17(26)24(2)3/h6-10H,5H2,1-4H3,(H2,19,21,22,27). The number of aromatic nitrogens is 4. The Morgan fingerprint density at radius 3 is 2.61 bits per heavy atom. The van der Waals surface area contributed by atoms with Gasteiger partial charge in [-0.25, -0.2) is 19.7 Å². The highest BCUT2D eigenvalue weighted by molar-refractivity contribution is 7.17. The SMILES string of the molecule is CCNC(=O)Nc1ccc(-c2nc(-c3nccn3C)c(C(=O)N(C)C)s2)cn1. The molecule has 2 N–H and O–H groups in total. The number of anilines is 1. The maximum Gasteiger partial charge on any atom is 0.320 e. The molecule has 0 bridgehead atoms. The molecule has 0 unspecified atom stereocenters. The van der Waals surface area contributed by atoms with Crippen molar-refractivity contribution in [1.29, 1.82) is 0 Å². The molecule has 0 aliphatic rings. The number of nitrogens with one attached hydrogen (secondary N) is 2. The van der Waals surface area contributed by atoms with E-state index in [1.54, 1.807) is 38.6 Å². The van der Waals surface area contributed by atoms with Gasteiger partial charge in [0.1, 0.15) is 21.4 Å². The van der Waals surface area contributed by atoms with Crippen molar-refractivity contribution in [3.05, 3.63) is 35.6 Å². The Balaban J connectivity index is 1.95. The van der Waals surface area contributed by atoms with Gasteiger partial charge in [-0.05, 0) is 19.1 Å². The largest absolute Gasteiger partial charge is 0.344 e. The third-order valence-electron chi connectivity index (χ3n) is 3.85. The maximum absolute atomic E-state index is 12.6. The second-order valence-electron chi connectivity index (χ2n) is 6.17. The van der Waals surface area contributed by atoms with Crippen molar-refractivity contribution < 1.29 is 9.59 Å². The number of hydrogen-bond donors (Lipinski definition) is 2. The van der Waals surface area contributed by atoms with Crippen LogP contribution in [0.3, 0.4) is 0 Å². The molecule has 3 amide bonds. The zero-order chi connectivity index (χ0) is 20.3. The summed E-state index contributed by atoms with van der Waals surface area (Å²) in [6.07, 6.45) is 5.09. The molecule has 0 aliphatic carbocycles. The number of imidazole rings is 1. The normalized spacial score (nSPS) is 10.6. The predicted molar refractivity (Wildman–Crippen MR) is 108 cm³/mol. The molecule has 0 spiro atoms. The first-order valence-electron chi connectivity index (χ1n) is 8.62. The molecular formula is C18H21N7O2S. The van der Waals surface area contributed by atoms with Crippen LogP contribution in [0.15, 0.2) is 30.7 Å². The summed E-state index contributed by atoms with van der Waals surface area (Å²) in [6.45, 7) is 2.37. The highest BCUT2D eigenvalue weighted by Gasteiger charge is 2.24. The van der Waals surface area contributed by atoms with Crippen LogP contribution in [0.2, 0.25) is 0 Å². The van der Waals surface area contributed by atoms with Crippen LogP contribution in [-0.2, 0) is 7.05 Å². The van der Waals surface area contributed by atoms with Gasteiger partial charge in [0.25, 0.3) is 5.91 Å². The van der Waals surface area contributed by atoms with Crippen molar-refractivity contribution in [1.82, 2.24) is 29.7 Å². The molecule has 28 heavy (non-hydrogen) atoms. The van der Waals surface area contributed by atoms with E-state index in [9.17, 15) is 9.59 Å². The van der Waals surface area contributed by atoms with Gasteiger partial charge in [-0.1, -0.05) is 0 Å². The predicted octanol–water partition coefficient (Wildman–Crippen LogP) is 2.45. The first-order valence-corrected chi connectivity index (χ1v) is 9.43. The minimum Gasteiger partial charge on any atom is -0.344 e. The number of rotatable bonds is 5. The monoisotopic (exact) mass is 399 g/mol. The van der Waals surface area contributed by atoms with E-state index in [1.165, 1.54) is 16.2 Å². The van der Waals surface area contributed by atoms with Gasteiger partial charge in [0, 0.05) is 51.8 Å². The third-order valence-corrected chi connectivity index (χ3v) is 4.94. The van der Waals surface area contributed by atoms with E-state index >= 15 is 0 Å². The van der Waals surface area contributed by atoms with E-state index in [0.717, 1.165) is 5.56 Å². The van der Waals surface area contributed by atoms with Crippen LogP contribution >= 0.6 is 11.3 Å². The molecule has 0 radical (unpaired) electrons. The average Bonchev–Trinajstić information content (AvgIpc) is 3.27. The van der Waals surface area contributed by atoms with Crippen molar-refractivity contribution in [2.45, 2.75) is 6.92 Å². The molecule has 0 saturated heterocycles. The number of carbonyl (C=O) groups excluding carboxylic acids is 2. The third kappa shape index (κ3) is 4.01. The lowest BCUT2D eigenvalue weighted by molar-refractivity contribution is 0.0832. The second kappa shape index (κ2) is 8.17. The quantitative estimate of drug-likeness (QED) is 0.686. The van der Waals surface area contributed by atoms with Crippen molar-refractivity contribution in [2.75, 3.05) is 26.0 Å². The summed E-state index contributed by atoms with van der Waals surface area (Å²) in [5, 5.41) is 5.95. The summed E-state index contributed by atoms with van der Waals surface area (Å²) in [5.41, 5.74) is 1.29. The van der Waals surface area contributed by atoms with Gasteiger partial charge in [0.2, 0.25) is 0 Å². The number of thiazole rings is 1. The molecule has 3 rings (SSSR count). The molecule has 0 saturated carbocycles. The molecule has 146 valence electrons. The van der Waals surface area contributed by atoms with E-state index in [4.69, 9.17) is 0 Å². The molecule has 0 atom stereocenters. The maximum atomic E-state index is 12.6. The molecule has 0 aromatic carbocycles. The van der Waals surface area contributed by atoms with E-state index in [1.807, 2.05) is 24.7 Å². The number of carbonyl (C=O) groups is 2. The summed E-state index contributed by atoms with van der Waals surface area (Å²) >= 11 is 1.29. The minimum atomic E-state index is -0.312. The van der Waals surface area contributed by atoms with Crippen LogP contribution in [-0.4, -0.2) is 57.0 Å². The molecule has 0 fully saturated rings. The van der Waals surface area contributed by atoms with Gasteiger partial charge >= 0.3 is 6.03 Å². The van der Waals surface area contributed by atoms with Gasteiger partial charge < -0.3 is 14.8 Å². The summed E-state index contributed by atoms with van der Waals surface area (Å²) in [4.78, 5) is 39.5. The van der Waals surface area contributed by atoms with Crippen LogP contribution < -0.4 is 10.6 Å². The molecule has 3 aromatic rings. The van der Waals surface area contributed by atoms with Crippen molar-refractivity contribution in [3.8, 4) is 22.1 Å². The zero-order valence-electron chi connectivity index (χ0n) is 16.1. The van der Waals surface area contributed by atoms with E-state index in [0.29, 0.717) is 33.8 Å². The smallest absolute Gasteiger partial charge is 0.320 e. The number of aryl methyl sites for hydroxylation is 1. The summed E-state index contributed by atoms with van der Waals surface area (Å²) in [7, 11) is 5.26. The Labute approximate surface area is 166 Å². The number of nitrogens with zero attached hydrogens (tertiary/aromatic N) is 5. The Hall–Kier alpha value is -3.27. The van der Waals surface area contributed by atoms with Gasteiger partial charge in [0.05, 0.1) is 0 Å². The topological polar surface area (TPSA) is 105 Å². The van der Waals surface area contributed by atoms with Crippen LogP contribution in [0, 0.1) is 0 Å². The first-order chi connectivity index (χ1) is 13.4. The molecule has 9 nitrogen and oxygen atoms in total. The number of amides is 3. The zero-order valence-corrected chi connectivity index (χ0v) is 16.9. The summed E-state index contributed by atoms with van der Waals surface area (Å²) < 4.78 is 1.82. The number of hydrogen-bond acceptors (Lipinski definition) is 6. The lowest BCUT2D eigenvalue weighted by Crippen LogP contribution is -2.28. The fourth-order valence-corrected chi connectivity index (χ4v) is 3.52. The van der Waals surface area contributed by atoms with Crippen LogP contribution in [0.25, 0.3) is 22.1 Å². The Morgan fingerprint density at radius 2 is 2.04 bits per heavy atom. The van der Waals surface area contributed by atoms with E-state index in [-0.39, 0.29) is 11.9 Å². The average molecular weight is 399 g/mol. The molecule has 3 heterocycles. The van der Waals surface area contributed by atoms with Crippen molar-refractivity contribution in [2.24, 2.45) is 7.05 Å². The van der Waals surface area contributed by atoms with Crippen molar-refractivity contribution >= 4 is 29.1 Å². The molecule has 3 aromatic heterocycles. The van der Waals surface area contributed by atoms with Gasteiger partial charge in [-0.15, -0.1) is 11.3 Å². The van der Waals surface area contributed by atoms with Crippen LogP contribution in [0.4, 0.5) is 10.6 Å². The highest BCUT2D eigenvalue weighted by Crippen LogP contribution is 2.33. The Kier molecular flexibility index (Phi) is 5.69. The van der Waals surface area contributed by atoms with Crippen LogP contribution in [0.1, 0.15) is 16.6 Å². The fraction of sp³-hybridized carbons (Fsp3) is 0.278. The summed E-state index contributed by atoms with van der Waals surface area (Å²) in [6, 6.07) is 3.19. The second-order valence-corrected chi connectivity index (χ2v) is 7.17.